The van der Waals surface area contributed by atoms with Gasteiger partial charge in [-0.2, -0.15) is 13.2 Å². The summed E-state index contributed by atoms with van der Waals surface area (Å²) < 4.78 is 37.4. The molecule has 0 spiro atoms. The molecule has 1 rings (SSSR count). The molecule has 1 aromatic rings. The minimum atomic E-state index is -4.33. The SMILES string of the molecule is CCCCCCNC(=O)N(C)Cc1ccc(C(F)(F)F)cc1. The minimum Gasteiger partial charge on any atom is -0.338 e. The predicted octanol–water partition coefficient (Wildman–Crippen LogP) is 4.43. The molecule has 6 heteroatoms. The van der Waals surface area contributed by atoms with E-state index in [0.717, 1.165) is 37.8 Å². The number of halogens is 3. The third-order valence-electron chi connectivity index (χ3n) is 3.35. The number of urea groups is 1. The first-order valence-electron chi connectivity index (χ1n) is 7.49. The maximum Gasteiger partial charge on any atom is 0.416 e. The van der Waals surface area contributed by atoms with Crippen molar-refractivity contribution in [3.05, 3.63) is 35.4 Å². The highest BCUT2D eigenvalue weighted by molar-refractivity contribution is 5.73. The molecule has 3 nitrogen and oxygen atoms in total. The monoisotopic (exact) mass is 316 g/mol. The van der Waals surface area contributed by atoms with Crippen LogP contribution < -0.4 is 5.32 Å². The summed E-state index contributed by atoms with van der Waals surface area (Å²) in [6.45, 7) is 3.02. The zero-order valence-electron chi connectivity index (χ0n) is 13.0. The lowest BCUT2D eigenvalue weighted by Crippen LogP contribution is -2.37. The van der Waals surface area contributed by atoms with Crippen LogP contribution in [0.3, 0.4) is 0 Å². The smallest absolute Gasteiger partial charge is 0.338 e. The molecule has 2 amide bonds. The highest BCUT2D eigenvalue weighted by atomic mass is 19.4. The number of nitrogens with zero attached hydrogens (tertiary/aromatic N) is 1. The number of carbonyl (C=O) groups is 1. The first kappa shape index (κ1) is 18.3. The van der Waals surface area contributed by atoms with E-state index in [1.54, 1.807) is 7.05 Å². The Labute approximate surface area is 129 Å². The summed E-state index contributed by atoms with van der Waals surface area (Å²) in [5.74, 6) is 0. The molecule has 0 atom stereocenters. The number of nitrogens with one attached hydrogen (secondary N) is 1. The highest BCUT2D eigenvalue weighted by Crippen LogP contribution is 2.29. The van der Waals surface area contributed by atoms with Gasteiger partial charge < -0.3 is 10.2 Å². The van der Waals surface area contributed by atoms with Gasteiger partial charge in [0.05, 0.1) is 5.56 Å². The molecule has 0 aliphatic rings. The molecule has 1 aromatic carbocycles. The summed E-state index contributed by atoms with van der Waals surface area (Å²) in [6, 6.07) is 4.65. The van der Waals surface area contributed by atoms with Gasteiger partial charge in [0.15, 0.2) is 0 Å². The molecule has 0 aliphatic heterocycles. The average molecular weight is 316 g/mol. The normalized spacial score (nSPS) is 11.3. The van der Waals surface area contributed by atoms with Crippen molar-refractivity contribution in [3.63, 3.8) is 0 Å². The lowest BCUT2D eigenvalue weighted by molar-refractivity contribution is -0.137. The van der Waals surface area contributed by atoms with Crippen LogP contribution >= 0.6 is 0 Å². The Kier molecular flexibility index (Phi) is 7.21. The van der Waals surface area contributed by atoms with Crippen LogP contribution in [0.5, 0.6) is 0 Å². The van der Waals surface area contributed by atoms with Crippen LogP contribution in [-0.4, -0.2) is 24.5 Å². The van der Waals surface area contributed by atoms with E-state index < -0.39 is 11.7 Å². The molecular weight excluding hydrogens is 293 g/mol. The van der Waals surface area contributed by atoms with Crippen molar-refractivity contribution < 1.29 is 18.0 Å². The quantitative estimate of drug-likeness (QED) is 0.742. The maximum absolute atomic E-state index is 12.5. The number of hydrogen-bond donors (Lipinski definition) is 1. The van der Waals surface area contributed by atoms with Gasteiger partial charge in [0.2, 0.25) is 0 Å². The van der Waals surface area contributed by atoms with E-state index in [-0.39, 0.29) is 12.6 Å². The van der Waals surface area contributed by atoms with Gasteiger partial charge in [-0.3, -0.25) is 0 Å². The van der Waals surface area contributed by atoms with Crippen LogP contribution in [0.15, 0.2) is 24.3 Å². The summed E-state index contributed by atoms with van der Waals surface area (Å²) in [6.07, 6.45) is -0.0214. The summed E-state index contributed by atoms with van der Waals surface area (Å²) in [4.78, 5) is 13.3. The van der Waals surface area contributed by atoms with E-state index in [1.165, 1.54) is 17.0 Å². The second kappa shape index (κ2) is 8.66. The van der Waals surface area contributed by atoms with Gasteiger partial charge in [0.25, 0.3) is 0 Å². The fraction of sp³-hybridized carbons (Fsp3) is 0.562. The van der Waals surface area contributed by atoms with E-state index in [2.05, 4.69) is 12.2 Å². The first-order chi connectivity index (χ1) is 10.3. The van der Waals surface area contributed by atoms with Gasteiger partial charge in [-0.1, -0.05) is 38.3 Å². The standard InChI is InChI=1S/C16H23F3N2O/c1-3-4-5-6-11-20-15(22)21(2)12-13-7-9-14(10-8-13)16(17,18)19/h7-10H,3-6,11-12H2,1-2H3,(H,20,22). The Morgan fingerprint density at radius 2 is 1.77 bits per heavy atom. The van der Waals surface area contributed by atoms with Crippen molar-refractivity contribution in [1.82, 2.24) is 10.2 Å². The molecule has 0 bridgehead atoms. The Morgan fingerprint density at radius 3 is 2.32 bits per heavy atom. The van der Waals surface area contributed by atoms with E-state index in [1.807, 2.05) is 0 Å². The van der Waals surface area contributed by atoms with Crippen molar-refractivity contribution in [2.75, 3.05) is 13.6 Å². The number of unbranched alkanes of at least 4 members (excludes halogenated alkanes) is 3. The largest absolute Gasteiger partial charge is 0.416 e. The lowest BCUT2D eigenvalue weighted by atomic mass is 10.1. The van der Waals surface area contributed by atoms with Crippen LogP contribution in [0, 0.1) is 0 Å². The van der Waals surface area contributed by atoms with Gasteiger partial charge in [-0.15, -0.1) is 0 Å². The molecule has 22 heavy (non-hydrogen) atoms. The molecule has 124 valence electrons. The molecule has 0 saturated carbocycles. The van der Waals surface area contributed by atoms with Crippen molar-refractivity contribution in [2.45, 2.75) is 45.3 Å². The first-order valence-corrected chi connectivity index (χ1v) is 7.49. The van der Waals surface area contributed by atoms with E-state index >= 15 is 0 Å². The number of rotatable bonds is 7. The lowest BCUT2D eigenvalue weighted by Gasteiger charge is -2.18. The molecular formula is C16H23F3N2O. The average Bonchev–Trinajstić information content (AvgIpc) is 2.46. The van der Waals surface area contributed by atoms with Gasteiger partial charge in [0, 0.05) is 20.1 Å². The molecule has 0 unspecified atom stereocenters. The van der Waals surface area contributed by atoms with E-state index in [4.69, 9.17) is 0 Å². The van der Waals surface area contributed by atoms with Crippen molar-refractivity contribution in [2.24, 2.45) is 0 Å². The van der Waals surface area contributed by atoms with Crippen LogP contribution in [0.25, 0.3) is 0 Å². The Hall–Kier alpha value is -1.72. The molecule has 0 fully saturated rings. The third kappa shape index (κ3) is 6.37. The van der Waals surface area contributed by atoms with Crippen molar-refractivity contribution in [3.8, 4) is 0 Å². The van der Waals surface area contributed by atoms with Crippen LogP contribution in [-0.2, 0) is 12.7 Å². The van der Waals surface area contributed by atoms with E-state index in [9.17, 15) is 18.0 Å². The number of amides is 2. The topological polar surface area (TPSA) is 32.3 Å². The highest BCUT2D eigenvalue weighted by Gasteiger charge is 2.29. The Bertz CT molecular complexity index is 457. The number of hydrogen-bond acceptors (Lipinski definition) is 1. The molecule has 1 N–H and O–H groups in total. The van der Waals surface area contributed by atoms with Gasteiger partial charge >= 0.3 is 12.2 Å². The molecule has 0 aromatic heterocycles. The second-order valence-electron chi connectivity index (χ2n) is 5.34. The minimum absolute atomic E-state index is 0.212. The number of alkyl halides is 3. The van der Waals surface area contributed by atoms with Crippen LogP contribution in [0.4, 0.5) is 18.0 Å². The fourth-order valence-electron chi connectivity index (χ4n) is 2.03. The van der Waals surface area contributed by atoms with Gasteiger partial charge in [0.1, 0.15) is 0 Å². The van der Waals surface area contributed by atoms with Crippen molar-refractivity contribution >= 4 is 6.03 Å². The summed E-state index contributed by atoms with van der Waals surface area (Å²) in [5, 5.41) is 2.80. The van der Waals surface area contributed by atoms with Crippen LogP contribution in [0.2, 0.25) is 0 Å². The zero-order chi connectivity index (χ0) is 16.6. The molecule has 0 heterocycles. The zero-order valence-corrected chi connectivity index (χ0v) is 13.0. The summed E-state index contributed by atoms with van der Waals surface area (Å²) >= 11 is 0. The van der Waals surface area contributed by atoms with E-state index in [0.29, 0.717) is 12.1 Å². The molecule has 0 aliphatic carbocycles. The molecule has 0 radical (unpaired) electrons. The second-order valence-corrected chi connectivity index (χ2v) is 5.34. The Balaban J connectivity index is 2.40. The Morgan fingerprint density at radius 1 is 1.14 bits per heavy atom. The maximum atomic E-state index is 12.5. The number of benzene rings is 1. The molecule has 0 saturated heterocycles. The van der Waals surface area contributed by atoms with Crippen molar-refractivity contribution in [1.29, 1.82) is 0 Å². The van der Waals surface area contributed by atoms with Crippen LogP contribution in [0.1, 0.15) is 43.7 Å². The fourth-order valence-corrected chi connectivity index (χ4v) is 2.03. The third-order valence-corrected chi connectivity index (χ3v) is 3.35. The van der Waals surface area contributed by atoms with Gasteiger partial charge in [-0.05, 0) is 24.1 Å². The summed E-state index contributed by atoms with van der Waals surface area (Å²) in [5.41, 5.74) is -0.0177. The predicted molar refractivity (Wildman–Crippen MR) is 80.5 cm³/mol. The van der Waals surface area contributed by atoms with Gasteiger partial charge in [-0.25, -0.2) is 4.79 Å². The number of carbonyl (C=O) groups excluding carboxylic acids is 1. The summed E-state index contributed by atoms with van der Waals surface area (Å²) in [7, 11) is 1.62.